The summed E-state index contributed by atoms with van der Waals surface area (Å²) in [5, 5.41) is 0. The Labute approximate surface area is 91.4 Å². The molecule has 82 valence electrons. The van der Waals surface area contributed by atoms with Crippen LogP contribution in [0.5, 0.6) is 0 Å². The Bertz CT molecular complexity index is 392. The monoisotopic (exact) mass is 283 g/mol. The van der Waals surface area contributed by atoms with Gasteiger partial charge in [-0.3, -0.25) is 0 Å². The maximum Gasteiger partial charge on any atom is 0.434 e. The second-order valence-electron chi connectivity index (χ2n) is 2.52. The molecule has 0 bridgehead atoms. The smallest absolute Gasteiger partial charge is 0.434 e. The molecular weight excluding hydrogens is 279 g/mol. The topological polar surface area (TPSA) is 39.2 Å². The number of rotatable bonds is 1. The molecule has 3 nitrogen and oxygen atoms in total. The number of hydrogen-bond acceptors (Lipinski definition) is 3. The number of ether oxygens (including phenoxy) is 1. The van der Waals surface area contributed by atoms with Crippen LogP contribution in [-0.4, -0.2) is 18.1 Å². The molecule has 0 radical (unpaired) electrons. The number of carbonyl (C=O) groups is 1. The summed E-state index contributed by atoms with van der Waals surface area (Å²) in [6.07, 6.45) is -4.61. The Morgan fingerprint density at radius 2 is 2.07 bits per heavy atom. The molecule has 7 heteroatoms. The number of halogens is 4. The summed E-state index contributed by atoms with van der Waals surface area (Å²) < 4.78 is 41.1. The molecule has 1 aromatic rings. The second-order valence-corrected chi connectivity index (χ2v) is 3.37. The molecule has 0 fully saturated rings. The van der Waals surface area contributed by atoms with E-state index in [4.69, 9.17) is 0 Å². The third kappa shape index (κ3) is 2.68. The maximum atomic E-state index is 12.4. The highest BCUT2D eigenvalue weighted by Gasteiger charge is 2.35. The van der Waals surface area contributed by atoms with E-state index in [1.807, 2.05) is 0 Å². The molecule has 0 saturated heterocycles. The van der Waals surface area contributed by atoms with E-state index in [-0.39, 0.29) is 10.2 Å². The van der Waals surface area contributed by atoms with Crippen molar-refractivity contribution in [2.75, 3.05) is 7.11 Å². The lowest BCUT2D eigenvalue weighted by Crippen LogP contribution is -2.13. The molecule has 0 atom stereocenters. The van der Waals surface area contributed by atoms with E-state index in [1.165, 1.54) is 0 Å². The Hall–Kier alpha value is -1.11. The summed E-state index contributed by atoms with van der Waals surface area (Å²) in [4.78, 5) is 14.1. The fraction of sp³-hybridized carbons (Fsp3) is 0.250. The molecule has 1 rings (SSSR count). The highest BCUT2D eigenvalue weighted by atomic mass is 79.9. The van der Waals surface area contributed by atoms with Crippen LogP contribution in [0.3, 0.4) is 0 Å². The Balaban J connectivity index is 3.23. The fourth-order valence-electron chi connectivity index (χ4n) is 0.859. The molecule has 0 unspecified atom stereocenters. The van der Waals surface area contributed by atoms with Crippen molar-refractivity contribution in [3.63, 3.8) is 0 Å². The minimum atomic E-state index is -4.61. The number of carbonyl (C=O) groups excluding carboxylic acids is 1. The highest BCUT2D eigenvalue weighted by Crippen LogP contribution is 2.33. The van der Waals surface area contributed by atoms with Crippen LogP contribution in [0.2, 0.25) is 0 Å². The standard InChI is InChI=1S/C8H5BrF3NO2/c1-15-7(14)5-3-2-4(9)6(13-5)8(10,11)12/h2-3H,1H3. The van der Waals surface area contributed by atoms with E-state index in [1.54, 1.807) is 0 Å². The number of aromatic nitrogens is 1. The lowest BCUT2D eigenvalue weighted by molar-refractivity contribution is -0.141. The SMILES string of the molecule is COC(=O)c1ccc(Br)c(C(F)(F)F)n1. The number of methoxy groups -OCH3 is 1. The average molecular weight is 284 g/mol. The van der Waals surface area contributed by atoms with Crippen LogP contribution in [0.25, 0.3) is 0 Å². The predicted molar refractivity (Wildman–Crippen MR) is 48.3 cm³/mol. The third-order valence-corrected chi connectivity index (χ3v) is 2.15. The molecule has 0 spiro atoms. The molecule has 15 heavy (non-hydrogen) atoms. The maximum absolute atomic E-state index is 12.4. The zero-order valence-corrected chi connectivity index (χ0v) is 9.02. The van der Waals surface area contributed by atoms with E-state index < -0.39 is 17.8 Å². The third-order valence-electron chi connectivity index (χ3n) is 1.51. The first-order chi connectivity index (χ1) is 6.86. The number of hydrogen-bond donors (Lipinski definition) is 0. The van der Waals surface area contributed by atoms with Crippen LogP contribution in [0, 0.1) is 0 Å². The van der Waals surface area contributed by atoms with Crippen molar-refractivity contribution in [2.45, 2.75) is 6.18 Å². The lowest BCUT2D eigenvalue weighted by atomic mass is 10.3. The van der Waals surface area contributed by atoms with Gasteiger partial charge in [0.2, 0.25) is 0 Å². The molecule has 0 N–H and O–H groups in total. The van der Waals surface area contributed by atoms with Gasteiger partial charge in [-0.05, 0) is 28.1 Å². The van der Waals surface area contributed by atoms with E-state index in [0.717, 1.165) is 19.2 Å². The molecule has 0 aliphatic heterocycles. The van der Waals surface area contributed by atoms with Crippen LogP contribution in [0.4, 0.5) is 13.2 Å². The van der Waals surface area contributed by atoms with Gasteiger partial charge < -0.3 is 4.74 Å². The first kappa shape index (κ1) is 12.0. The summed E-state index contributed by atoms with van der Waals surface area (Å²) in [6, 6.07) is 2.24. The van der Waals surface area contributed by atoms with E-state index >= 15 is 0 Å². The van der Waals surface area contributed by atoms with Crippen LogP contribution in [0.1, 0.15) is 16.2 Å². The van der Waals surface area contributed by atoms with Gasteiger partial charge in [-0.15, -0.1) is 0 Å². The Morgan fingerprint density at radius 3 is 2.53 bits per heavy atom. The van der Waals surface area contributed by atoms with Crippen LogP contribution < -0.4 is 0 Å². The van der Waals surface area contributed by atoms with Gasteiger partial charge in [0, 0.05) is 4.47 Å². The van der Waals surface area contributed by atoms with Crippen LogP contribution in [-0.2, 0) is 10.9 Å². The quantitative estimate of drug-likeness (QED) is 0.744. The van der Waals surface area contributed by atoms with Crippen molar-refractivity contribution in [1.82, 2.24) is 4.98 Å². The number of alkyl halides is 3. The summed E-state index contributed by atoms with van der Waals surface area (Å²) in [5.41, 5.74) is -1.53. The minimum absolute atomic E-state index is 0.220. The molecular formula is C8H5BrF3NO2. The van der Waals surface area contributed by atoms with Crippen molar-refractivity contribution in [1.29, 1.82) is 0 Å². The van der Waals surface area contributed by atoms with Crippen LogP contribution in [0.15, 0.2) is 16.6 Å². The molecule has 1 aromatic heterocycles. The van der Waals surface area contributed by atoms with E-state index in [9.17, 15) is 18.0 Å². The Kier molecular flexibility index (Phi) is 3.33. The van der Waals surface area contributed by atoms with E-state index in [2.05, 4.69) is 25.7 Å². The van der Waals surface area contributed by atoms with Gasteiger partial charge in [0.1, 0.15) is 5.69 Å². The molecule has 0 aliphatic rings. The fourth-order valence-corrected chi connectivity index (χ4v) is 1.30. The molecule has 0 aliphatic carbocycles. The minimum Gasteiger partial charge on any atom is -0.464 e. The first-order valence-electron chi connectivity index (χ1n) is 3.68. The zero-order valence-electron chi connectivity index (χ0n) is 7.43. The van der Waals surface area contributed by atoms with Gasteiger partial charge in [0.15, 0.2) is 5.69 Å². The largest absolute Gasteiger partial charge is 0.464 e. The Morgan fingerprint density at radius 1 is 1.47 bits per heavy atom. The highest BCUT2D eigenvalue weighted by molar-refractivity contribution is 9.10. The van der Waals surface area contributed by atoms with E-state index in [0.29, 0.717) is 0 Å². The summed E-state index contributed by atoms with van der Waals surface area (Å²) in [6.45, 7) is 0. The van der Waals surface area contributed by atoms with Gasteiger partial charge in [0.25, 0.3) is 0 Å². The number of esters is 1. The normalized spacial score (nSPS) is 11.3. The van der Waals surface area contributed by atoms with Gasteiger partial charge in [-0.1, -0.05) is 0 Å². The number of nitrogens with zero attached hydrogens (tertiary/aromatic N) is 1. The number of pyridine rings is 1. The van der Waals surface area contributed by atoms with Crippen molar-refractivity contribution < 1.29 is 22.7 Å². The van der Waals surface area contributed by atoms with Gasteiger partial charge in [-0.2, -0.15) is 13.2 Å². The lowest BCUT2D eigenvalue weighted by Gasteiger charge is -2.08. The first-order valence-corrected chi connectivity index (χ1v) is 4.47. The summed E-state index contributed by atoms with van der Waals surface area (Å²) in [7, 11) is 1.07. The van der Waals surface area contributed by atoms with Crippen LogP contribution >= 0.6 is 15.9 Å². The average Bonchev–Trinajstić information content (AvgIpc) is 2.15. The summed E-state index contributed by atoms with van der Waals surface area (Å²) >= 11 is 2.70. The van der Waals surface area contributed by atoms with Gasteiger partial charge in [-0.25, -0.2) is 9.78 Å². The second kappa shape index (κ2) is 4.18. The van der Waals surface area contributed by atoms with Gasteiger partial charge >= 0.3 is 12.1 Å². The van der Waals surface area contributed by atoms with Gasteiger partial charge in [0.05, 0.1) is 7.11 Å². The van der Waals surface area contributed by atoms with Crippen molar-refractivity contribution >= 4 is 21.9 Å². The summed E-state index contributed by atoms with van der Waals surface area (Å²) in [5.74, 6) is -0.909. The molecule has 0 amide bonds. The molecule has 0 aromatic carbocycles. The molecule has 0 saturated carbocycles. The molecule has 1 heterocycles. The van der Waals surface area contributed by atoms with Crippen molar-refractivity contribution in [2.24, 2.45) is 0 Å². The zero-order chi connectivity index (χ0) is 11.6. The predicted octanol–water partition coefficient (Wildman–Crippen LogP) is 2.65. The van der Waals surface area contributed by atoms with Crippen molar-refractivity contribution in [3.05, 3.63) is 28.0 Å². The van der Waals surface area contributed by atoms with Crippen molar-refractivity contribution in [3.8, 4) is 0 Å².